The van der Waals surface area contributed by atoms with Crippen LogP contribution in [0.4, 0.5) is 4.79 Å². The second kappa shape index (κ2) is 7.45. The lowest BCUT2D eigenvalue weighted by molar-refractivity contribution is -0.138. The summed E-state index contributed by atoms with van der Waals surface area (Å²) in [5.41, 5.74) is 0. The zero-order chi connectivity index (χ0) is 14.3. The van der Waals surface area contributed by atoms with Gasteiger partial charge in [-0.3, -0.25) is 4.79 Å². The van der Waals surface area contributed by atoms with E-state index in [2.05, 4.69) is 10.6 Å². The van der Waals surface area contributed by atoms with Crippen LogP contribution in [0.25, 0.3) is 0 Å². The number of furan rings is 1. The number of hydrogen-bond donors (Lipinski definition) is 3. The summed E-state index contributed by atoms with van der Waals surface area (Å²) in [4.78, 5) is 22.1. The average Bonchev–Trinajstić information content (AvgIpc) is 2.77. The van der Waals surface area contributed by atoms with Crippen molar-refractivity contribution in [1.82, 2.24) is 10.6 Å². The number of carbonyl (C=O) groups excluding carboxylic acids is 1. The van der Waals surface area contributed by atoms with Gasteiger partial charge in [-0.25, -0.2) is 4.79 Å². The van der Waals surface area contributed by atoms with Crippen LogP contribution in [-0.4, -0.2) is 23.7 Å². The molecule has 0 aliphatic heterocycles. The third kappa shape index (κ3) is 5.94. The highest BCUT2D eigenvalue weighted by Crippen LogP contribution is 2.07. The third-order valence-corrected chi connectivity index (χ3v) is 2.81. The molecule has 1 heterocycles. The van der Waals surface area contributed by atoms with Gasteiger partial charge in [-0.05, 0) is 25.0 Å². The molecule has 0 bridgehead atoms. The van der Waals surface area contributed by atoms with E-state index in [-0.39, 0.29) is 18.4 Å². The maximum atomic E-state index is 11.5. The summed E-state index contributed by atoms with van der Waals surface area (Å²) in [6.07, 6.45) is 0.776. The van der Waals surface area contributed by atoms with Crippen LogP contribution in [0, 0.1) is 12.8 Å². The van der Waals surface area contributed by atoms with E-state index in [0.29, 0.717) is 25.3 Å². The Morgan fingerprint density at radius 2 is 2.11 bits per heavy atom. The molecule has 1 aromatic rings. The van der Waals surface area contributed by atoms with Crippen LogP contribution >= 0.6 is 0 Å². The maximum Gasteiger partial charge on any atom is 0.315 e. The smallest absolute Gasteiger partial charge is 0.315 e. The monoisotopic (exact) mass is 268 g/mol. The summed E-state index contributed by atoms with van der Waals surface area (Å²) in [5.74, 6) is 0.587. The van der Waals surface area contributed by atoms with Crippen molar-refractivity contribution in [3.8, 4) is 0 Å². The molecule has 1 aromatic heterocycles. The molecule has 0 fully saturated rings. The predicted octanol–water partition coefficient (Wildman–Crippen LogP) is 1.89. The molecule has 1 rings (SSSR count). The standard InChI is InChI=1S/C13H20N2O4/c1-3-10(6-12(16)17)7-14-13(18)15-8-11-5-4-9(2)19-11/h4-5,10H,3,6-8H2,1-2H3,(H,16,17)(H2,14,15,18). The molecule has 0 saturated heterocycles. The van der Waals surface area contributed by atoms with Crippen molar-refractivity contribution in [1.29, 1.82) is 0 Å². The lowest BCUT2D eigenvalue weighted by Gasteiger charge is -2.13. The average molecular weight is 268 g/mol. The molecule has 0 radical (unpaired) electrons. The van der Waals surface area contributed by atoms with E-state index < -0.39 is 5.97 Å². The van der Waals surface area contributed by atoms with Crippen LogP contribution < -0.4 is 10.6 Å². The number of carboxylic acids is 1. The minimum absolute atomic E-state index is 0.0471. The zero-order valence-corrected chi connectivity index (χ0v) is 11.2. The topological polar surface area (TPSA) is 91.6 Å². The number of carbonyl (C=O) groups is 2. The number of rotatable bonds is 7. The van der Waals surface area contributed by atoms with Crippen LogP contribution in [0.5, 0.6) is 0 Å². The molecule has 3 N–H and O–H groups in total. The van der Waals surface area contributed by atoms with E-state index in [4.69, 9.17) is 9.52 Å². The van der Waals surface area contributed by atoms with Gasteiger partial charge in [0.1, 0.15) is 11.5 Å². The number of urea groups is 1. The molecule has 2 amide bonds. The molecule has 106 valence electrons. The van der Waals surface area contributed by atoms with Crippen LogP contribution in [0.15, 0.2) is 16.5 Å². The Hall–Kier alpha value is -1.98. The van der Waals surface area contributed by atoms with Gasteiger partial charge in [0.15, 0.2) is 0 Å². The molecule has 1 atom stereocenters. The summed E-state index contributed by atoms with van der Waals surface area (Å²) >= 11 is 0. The lowest BCUT2D eigenvalue weighted by atomic mass is 10.0. The van der Waals surface area contributed by atoms with Gasteiger partial charge in [0.2, 0.25) is 0 Å². The molecular weight excluding hydrogens is 248 g/mol. The molecule has 0 saturated carbocycles. The Balaban J connectivity index is 2.25. The van der Waals surface area contributed by atoms with Crippen molar-refractivity contribution in [3.63, 3.8) is 0 Å². The van der Waals surface area contributed by atoms with E-state index in [0.717, 1.165) is 5.76 Å². The van der Waals surface area contributed by atoms with E-state index in [9.17, 15) is 9.59 Å². The van der Waals surface area contributed by atoms with E-state index >= 15 is 0 Å². The van der Waals surface area contributed by atoms with Gasteiger partial charge in [0.05, 0.1) is 6.54 Å². The molecule has 6 nitrogen and oxygen atoms in total. The highest BCUT2D eigenvalue weighted by molar-refractivity contribution is 5.73. The van der Waals surface area contributed by atoms with Crippen LogP contribution in [0.3, 0.4) is 0 Å². The second-order valence-electron chi connectivity index (χ2n) is 4.45. The third-order valence-electron chi connectivity index (χ3n) is 2.81. The molecule has 0 aliphatic rings. The fraction of sp³-hybridized carbons (Fsp3) is 0.538. The van der Waals surface area contributed by atoms with Crippen molar-refractivity contribution >= 4 is 12.0 Å². The number of nitrogens with one attached hydrogen (secondary N) is 2. The van der Waals surface area contributed by atoms with Gasteiger partial charge >= 0.3 is 12.0 Å². The van der Waals surface area contributed by atoms with Crippen molar-refractivity contribution in [2.45, 2.75) is 33.2 Å². The number of aryl methyl sites for hydroxylation is 1. The first kappa shape index (κ1) is 15.1. The minimum atomic E-state index is -0.847. The summed E-state index contributed by atoms with van der Waals surface area (Å²) in [5, 5.41) is 14.0. The van der Waals surface area contributed by atoms with E-state index in [1.807, 2.05) is 19.9 Å². The lowest BCUT2D eigenvalue weighted by Crippen LogP contribution is -2.38. The first-order chi connectivity index (χ1) is 9.01. The molecule has 1 unspecified atom stereocenters. The maximum absolute atomic E-state index is 11.5. The molecule has 0 spiro atoms. The minimum Gasteiger partial charge on any atom is -0.481 e. The molecule has 0 aliphatic carbocycles. The Bertz CT molecular complexity index is 428. The van der Waals surface area contributed by atoms with Crippen molar-refractivity contribution in [3.05, 3.63) is 23.7 Å². The predicted molar refractivity (Wildman–Crippen MR) is 69.7 cm³/mol. The Morgan fingerprint density at radius 3 is 2.63 bits per heavy atom. The van der Waals surface area contributed by atoms with Crippen LogP contribution in [-0.2, 0) is 11.3 Å². The first-order valence-corrected chi connectivity index (χ1v) is 6.30. The number of amides is 2. The quantitative estimate of drug-likeness (QED) is 0.704. The molecule has 0 aromatic carbocycles. The van der Waals surface area contributed by atoms with Gasteiger partial charge < -0.3 is 20.2 Å². The fourth-order valence-corrected chi connectivity index (χ4v) is 1.65. The number of carboxylic acid groups (broad SMARTS) is 1. The fourth-order valence-electron chi connectivity index (χ4n) is 1.65. The summed E-state index contributed by atoms with van der Waals surface area (Å²) < 4.78 is 5.31. The molecular formula is C13H20N2O4. The highest BCUT2D eigenvalue weighted by atomic mass is 16.4. The Kier molecular flexibility index (Phi) is 5.92. The van der Waals surface area contributed by atoms with E-state index in [1.54, 1.807) is 6.07 Å². The first-order valence-electron chi connectivity index (χ1n) is 6.30. The number of aliphatic carboxylic acids is 1. The van der Waals surface area contributed by atoms with Gasteiger partial charge in [-0.1, -0.05) is 13.3 Å². The van der Waals surface area contributed by atoms with Gasteiger partial charge in [0.25, 0.3) is 0 Å². The zero-order valence-electron chi connectivity index (χ0n) is 11.2. The Morgan fingerprint density at radius 1 is 1.37 bits per heavy atom. The summed E-state index contributed by atoms with van der Waals surface area (Å²) in [6, 6.07) is 3.31. The highest BCUT2D eigenvalue weighted by Gasteiger charge is 2.12. The molecule has 6 heteroatoms. The van der Waals surface area contributed by atoms with Crippen LogP contribution in [0.1, 0.15) is 31.3 Å². The normalized spacial score (nSPS) is 11.9. The largest absolute Gasteiger partial charge is 0.481 e. The summed E-state index contributed by atoms with van der Waals surface area (Å²) in [6.45, 7) is 4.40. The number of hydrogen-bond acceptors (Lipinski definition) is 3. The van der Waals surface area contributed by atoms with Crippen molar-refractivity contribution in [2.75, 3.05) is 6.54 Å². The Labute approximate surface area is 112 Å². The molecule has 19 heavy (non-hydrogen) atoms. The SMILES string of the molecule is CCC(CNC(=O)NCc1ccc(C)o1)CC(=O)O. The van der Waals surface area contributed by atoms with E-state index in [1.165, 1.54) is 0 Å². The van der Waals surface area contributed by atoms with Crippen molar-refractivity contribution < 1.29 is 19.1 Å². The summed E-state index contributed by atoms with van der Waals surface area (Å²) in [7, 11) is 0. The van der Waals surface area contributed by atoms with Crippen molar-refractivity contribution in [2.24, 2.45) is 5.92 Å². The van der Waals surface area contributed by atoms with Gasteiger partial charge in [-0.2, -0.15) is 0 Å². The van der Waals surface area contributed by atoms with Gasteiger partial charge in [0, 0.05) is 13.0 Å². The second-order valence-corrected chi connectivity index (χ2v) is 4.45. The van der Waals surface area contributed by atoms with Crippen LogP contribution in [0.2, 0.25) is 0 Å². The van der Waals surface area contributed by atoms with Gasteiger partial charge in [-0.15, -0.1) is 0 Å².